The molecule has 0 radical (unpaired) electrons. The third kappa shape index (κ3) is 36.0. The van der Waals surface area contributed by atoms with Gasteiger partial charge in [-0.2, -0.15) is 0 Å². The Bertz CT molecular complexity index is 71.1. The zero-order valence-electron chi connectivity index (χ0n) is 13.5. The molecule has 18 heavy (non-hydrogen) atoms. The van der Waals surface area contributed by atoms with Gasteiger partial charge in [0, 0.05) is 0 Å². The minimum Gasteiger partial charge on any atom is -0.412 e. The molecule has 0 saturated heterocycles. The normalized spacial score (nSPS) is 8.67. The van der Waals surface area contributed by atoms with E-state index in [1.165, 1.54) is 77.0 Å². The van der Waals surface area contributed by atoms with Crippen molar-refractivity contribution >= 4 is 0 Å². The summed E-state index contributed by atoms with van der Waals surface area (Å²) in [4.78, 5) is 0. The molecular weight excluding hydrogens is 224 g/mol. The van der Waals surface area contributed by atoms with E-state index in [0.29, 0.717) is 0 Å². The van der Waals surface area contributed by atoms with Gasteiger partial charge in [0.2, 0.25) is 0 Å². The monoisotopic (exact) mass is 264 g/mol. The summed E-state index contributed by atoms with van der Waals surface area (Å²) in [6.07, 6.45) is 17.0. The number of rotatable bonds is 10. The van der Waals surface area contributed by atoms with Gasteiger partial charge in [0.15, 0.2) is 0 Å². The smallest absolute Gasteiger partial charge is 0.0533 e. The van der Waals surface area contributed by atoms with Crippen molar-refractivity contribution in [2.45, 2.75) is 105 Å². The molecule has 0 unspecified atom stereocenters. The van der Waals surface area contributed by atoms with Crippen molar-refractivity contribution in [2.75, 3.05) is 0 Å². The van der Waals surface area contributed by atoms with Crippen LogP contribution in [0.3, 0.4) is 0 Å². The summed E-state index contributed by atoms with van der Waals surface area (Å²) in [7, 11) is 0. The molecule has 0 aromatic heterocycles. The van der Waals surface area contributed by atoms with E-state index in [1.54, 1.807) is 0 Å². The Morgan fingerprint density at radius 1 is 0.333 bits per heavy atom. The van der Waals surface area contributed by atoms with Crippen LogP contribution >= 0.6 is 0 Å². The molecule has 0 aliphatic rings. The first-order chi connectivity index (χ1) is 7.83. The maximum Gasteiger partial charge on any atom is -0.0533 e. The quantitative estimate of drug-likeness (QED) is 0.494. The molecule has 116 valence electrons. The number of unbranched alkanes of at least 4 members (excludes halogenated alkanes) is 10. The molecule has 2 nitrogen and oxygen atoms in total. The van der Waals surface area contributed by atoms with Crippen molar-refractivity contribution in [1.29, 1.82) is 0 Å². The lowest BCUT2D eigenvalue weighted by Gasteiger charge is -1.93. The highest BCUT2D eigenvalue weighted by Gasteiger charge is 1.84. The van der Waals surface area contributed by atoms with E-state index in [4.69, 9.17) is 0 Å². The van der Waals surface area contributed by atoms with Gasteiger partial charge in [-0.1, -0.05) is 105 Å². The maximum atomic E-state index is 2.26. The van der Waals surface area contributed by atoms with Crippen molar-refractivity contribution in [1.82, 2.24) is 0 Å². The van der Waals surface area contributed by atoms with Gasteiger partial charge in [-0.15, -0.1) is 0 Å². The largest absolute Gasteiger partial charge is 0.412 e. The molecule has 2 heteroatoms. The lowest BCUT2D eigenvalue weighted by molar-refractivity contribution is 0.624. The molecule has 0 amide bonds. The molecule has 0 aliphatic heterocycles. The molecule has 0 spiro atoms. The fraction of sp³-hybridized carbons (Fsp3) is 1.00. The molecule has 0 heterocycles. The lowest BCUT2D eigenvalue weighted by Crippen LogP contribution is -1.73. The van der Waals surface area contributed by atoms with Crippen molar-refractivity contribution in [3.05, 3.63) is 0 Å². The number of hydrogen-bond donors (Lipinski definition) is 0. The van der Waals surface area contributed by atoms with Gasteiger partial charge in [-0.05, 0) is 0 Å². The van der Waals surface area contributed by atoms with Gasteiger partial charge < -0.3 is 11.0 Å². The average molecular weight is 264 g/mol. The van der Waals surface area contributed by atoms with Gasteiger partial charge in [0.05, 0.1) is 0 Å². The third-order valence-corrected chi connectivity index (χ3v) is 2.91. The Hall–Kier alpha value is -0.0800. The predicted octanol–water partition coefficient (Wildman–Crippen LogP) is 5.08. The van der Waals surface area contributed by atoms with Crippen molar-refractivity contribution in [2.24, 2.45) is 0 Å². The van der Waals surface area contributed by atoms with Crippen molar-refractivity contribution < 1.29 is 11.0 Å². The molecule has 0 atom stereocenters. The van der Waals surface area contributed by atoms with E-state index in [-0.39, 0.29) is 11.0 Å². The summed E-state index contributed by atoms with van der Waals surface area (Å²) in [5.74, 6) is 0. The van der Waals surface area contributed by atoms with Crippen LogP contribution in [0.25, 0.3) is 0 Å². The standard InChI is InChI=1S/2C8H18.2H2O/c2*1-3-5-7-8-6-4-2;;/h2*3-8H2,1-2H3;2*1H2. The van der Waals surface area contributed by atoms with Crippen LogP contribution in [0.4, 0.5) is 0 Å². The first-order valence-electron chi connectivity index (χ1n) is 7.83. The maximum absolute atomic E-state index is 2.26. The summed E-state index contributed by atoms with van der Waals surface area (Å²) in [6.45, 7) is 9.02. The highest BCUT2D eigenvalue weighted by molar-refractivity contribution is 4.39. The van der Waals surface area contributed by atoms with E-state index in [9.17, 15) is 0 Å². The predicted molar refractivity (Wildman–Crippen MR) is 85.3 cm³/mol. The lowest BCUT2D eigenvalue weighted by atomic mass is 10.1. The first kappa shape index (κ1) is 26.5. The van der Waals surface area contributed by atoms with Gasteiger partial charge in [0.25, 0.3) is 0 Å². The molecule has 0 aromatic rings. The van der Waals surface area contributed by atoms with Gasteiger partial charge >= 0.3 is 0 Å². The fourth-order valence-corrected chi connectivity index (χ4v) is 1.71. The number of hydrogen-bond acceptors (Lipinski definition) is 0. The summed E-state index contributed by atoms with van der Waals surface area (Å²) < 4.78 is 0. The van der Waals surface area contributed by atoms with E-state index < -0.39 is 0 Å². The van der Waals surface area contributed by atoms with Crippen LogP contribution in [0.2, 0.25) is 0 Å². The molecule has 0 rings (SSSR count). The Morgan fingerprint density at radius 2 is 0.500 bits per heavy atom. The summed E-state index contributed by atoms with van der Waals surface area (Å²) >= 11 is 0. The molecule has 0 fully saturated rings. The highest BCUT2D eigenvalue weighted by Crippen LogP contribution is 2.03. The Kier molecular flexibility index (Phi) is 44.4. The molecule has 0 aliphatic carbocycles. The second kappa shape index (κ2) is 30.2. The Labute approximate surface area is 116 Å². The average Bonchev–Trinajstić information content (AvgIpc) is 2.31. The zero-order chi connectivity index (χ0) is 12.5. The summed E-state index contributed by atoms with van der Waals surface area (Å²) in [6, 6.07) is 0. The summed E-state index contributed by atoms with van der Waals surface area (Å²) in [5.41, 5.74) is 0. The van der Waals surface area contributed by atoms with Crippen LogP contribution < -0.4 is 0 Å². The van der Waals surface area contributed by atoms with Crippen LogP contribution in [0.1, 0.15) is 105 Å². The first-order valence-corrected chi connectivity index (χ1v) is 7.83. The van der Waals surface area contributed by atoms with Crippen LogP contribution in [0.15, 0.2) is 0 Å². The second-order valence-electron chi connectivity index (χ2n) is 4.83. The third-order valence-electron chi connectivity index (χ3n) is 2.91. The Balaban J connectivity index is -0.0000000980. The van der Waals surface area contributed by atoms with Crippen LogP contribution in [0, 0.1) is 0 Å². The molecular formula is C16H40O2. The van der Waals surface area contributed by atoms with Crippen molar-refractivity contribution in [3.63, 3.8) is 0 Å². The van der Waals surface area contributed by atoms with Crippen LogP contribution in [0.5, 0.6) is 0 Å². The molecule has 0 saturated carbocycles. The van der Waals surface area contributed by atoms with E-state index in [1.807, 2.05) is 0 Å². The molecule has 0 bridgehead atoms. The summed E-state index contributed by atoms with van der Waals surface area (Å²) in [5, 5.41) is 0. The van der Waals surface area contributed by atoms with Gasteiger partial charge in [-0.3, -0.25) is 0 Å². The highest BCUT2D eigenvalue weighted by atomic mass is 16.0. The molecule has 4 N–H and O–H groups in total. The SMILES string of the molecule is CCCCCCCC.CCCCCCCC.O.O. The zero-order valence-corrected chi connectivity index (χ0v) is 13.5. The van der Waals surface area contributed by atoms with Gasteiger partial charge in [-0.25, -0.2) is 0 Å². The van der Waals surface area contributed by atoms with E-state index in [0.717, 1.165) is 0 Å². The van der Waals surface area contributed by atoms with Crippen LogP contribution in [-0.4, -0.2) is 11.0 Å². The fourth-order valence-electron chi connectivity index (χ4n) is 1.71. The second-order valence-corrected chi connectivity index (χ2v) is 4.83. The van der Waals surface area contributed by atoms with Crippen molar-refractivity contribution in [3.8, 4) is 0 Å². The van der Waals surface area contributed by atoms with E-state index in [2.05, 4.69) is 27.7 Å². The minimum atomic E-state index is 0. The van der Waals surface area contributed by atoms with E-state index >= 15 is 0 Å². The van der Waals surface area contributed by atoms with Crippen LogP contribution in [-0.2, 0) is 0 Å². The minimum absolute atomic E-state index is 0. The molecule has 0 aromatic carbocycles. The Morgan fingerprint density at radius 3 is 0.611 bits per heavy atom. The van der Waals surface area contributed by atoms with Gasteiger partial charge in [0.1, 0.15) is 0 Å². The topological polar surface area (TPSA) is 63.0 Å².